The summed E-state index contributed by atoms with van der Waals surface area (Å²) in [6.45, 7) is 0.752. The second-order valence-electron chi connectivity index (χ2n) is 7.97. The summed E-state index contributed by atoms with van der Waals surface area (Å²) in [5.41, 5.74) is 2.61. The molecule has 1 saturated heterocycles. The van der Waals surface area contributed by atoms with Gasteiger partial charge in [-0.3, -0.25) is 5.32 Å². The first-order valence-electron chi connectivity index (χ1n) is 11.0. The van der Waals surface area contributed by atoms with E-state index >= 15 is 0 Å². The van der Waals surface area contributed by atoms with Gasteiger partial charge in [-0.1, -0.05) is 42.1 Å². The molecule has 2 aliphatic rings. The monoisotopic (exact) mass is 492 g/mol. The van der Waals surface area contributed by atoms with Gasteiger partial charge in [0.2, 0.25) is 6.23 Å². The van der Waals surface area contributed by atoms with Gasteiger partial charge in [0.05, 0.1) is 6.61 Å². The number of rotatable bonds is 5. The van der Waals surface area contributed by atoms with Crippen LogP contribution in [0.2, 0.25) is 0 Å². The van der Waals surface area contributed by atoms with E-state index in [1.807, 2.05) is 36.4 Å². The summed E-state index contributed by atoms with van der Waals surface area (Å²) in [4.78, 5) is 29.6. The number of halogens is 1. The summed E-state index contributed by atoms with van der Waals surface area (Å²) in [5.74, 6) is -3.08. The van der Waals surface area contributed by atoms with Crippen LogP contribution in [0.4, 0.5) is 4.39 Å². The van der Waals surface area contributed by atoms with E-state index in [2.05, 4.69) is 10.3 Å². The van der Waals surface area contributed by atoms with Gasteiger partial charge in [0.15, 0.2) is 0 Å². The maximum Gasteiger partial charge on any atom is 0.333 e. The zero-order valence-electron chi connectivity index (χ0n) is 18.5. The number of fused-ring (bicyclic) bond motifs is 1. The third-order valence-corrected chi connectivity index (χ3v) is 6.58. The molecule has 0 bridgehead atoms. The molecule has 2 aliphatic heterocycles. The largest absolute Gasteiger partial charge is 0.436 e. The Morgan fingerprint density at radius 1 is 1.03 bits per heavy atom. The molecule has 178 valence electrons. The number of morpholine rings is 1. The molecule has 2 aromatic carbocycles. The zero-order valence-corrected chi connectivity index (χ0v) is 19.3. The number of hydrogen-bond acceptors (Lipinski definition) is 8. The van der Waals surface area contributed by atoms with Crippen molar-refractivity contribution >= 4 is 23.7 Å². The van der Waals surface area contributed by atoms with E-state index in [9.17, 15) is 14.0 Å². The fraction of sp³-hybridized carbons (Fsp3) is 0.192. The smallest absolute Gasteiger partial charge is 0.333 e. The highest BCUT2D eigenvalue weighted by Gasteiger charge is 2.49. The van der Waals surface area contributed by atoms with E-state index < -0.39 is 24.0 Å². The lowest BCUT2D eigenvalue weighted by Crippen LogP contribution is -2.63. The van der Waals surface area contributed by atoms with Gasteiger partial charge in [-0.15, -0.1) is 0 Å². The van der Waals surface area contributed by atoms with Crippen molar-refractivity contribution in [2.75, 3.05) is 13.2 Å². The van der Waals surface area contributed by atoms with Gasteiger partial charge >= 0.3 is 11.9 Å². The standard InChI is InChI=1S/C26H21FN2O5S/c27-19-7-5-18(6-8-19)21-2-1-13-28-24(21)35-20-9-3-17(4-10-20)16-26-25(29-14-15-32-26)33-22(30)11-12-23(31)34-26/h1-13,25,29H,14-16H2/b12-11+/t25?,26-/m0/s1. The first-order valence-corrected chi connectivity index (χ1v) is 11.8. The number of nitrogens with one attached hydrogen (secondary N) is 1. The highest BCUT2D eigenvalue weighted by atomic mass is 32.2. The molecule has 0 radical (unpaired) electrons. The van der Waals surface area contributed by atoms with E-state index in [1.54, 1.807) is 18.3 Å². The van der Waals surface area contributed by atoms with E-state index in [1.165, 1.54) is 23.9 Å². The molecule has 0 spiro atoms. The minimum absolute atomic E-state index is 0.187. The van der Waals surface area contributed by atoms with Crippen molar-refractivity contribution in [3.05, 3.63) is 90.4 Å². The van der Waals surface area contributed by atoms with Crippen LogP contribution in [0.5, 0.6) is 0 Å². The lowest BCUT2D eigenvalue weighted by molar-refractivity contribution is -0.292. The second-order valence-corrected chi connectivity index (χ2v) is 9.03. The fourth-order valence-corrected chi connectivity index (χ4v) is 4.83. The third kappa shape index (κ3) is 5.27. The number of carbonyl (C=O) groups excluding carboxylic acids is 2. The minimum atomic E-state index is -1.47. The zero-order chi connectivity index (χ0) is 24.3. The molecular weight excluding hydrogens is 471 g/mol. The number of nitrogens with zero attached hydrogens (tertiary/aromatic N) is 1. The van der Waals surface area contributed by atoms with E-state index in [0.717, 1.165) is 38.8 Å². The van der Waals surface area contributed by atoms with Crippen LogP contribution < -0.4 is 5.32 Å². The van der Waals surface area contributed by atoms with Gasteiger partial charge in [-0.05, 0) is 41.5 Å². The Bertz CT molecular complexity index is 1270. The molecule has 7 nitrogen and oxygen atoms in total. The quantitative estimate of drug-likeness (QED) is 0.537. The molecule has 0 amide bonds. The summed E-state index contributed by atoms with van der Waals surface area (Å²) in [6, 6.07) is 17.8. The first kappa shape index (κ1) is 23.2. The van der Waals surface area contributed by atoms with Crippen molar-refractivity contribution in [2.45, 2.75) is 28.4 Å². The van der Waals surface area contributed by atoms with Gasteiger partial charge in [0.1, 0.15) is 10.8 Å². The number of benzene rings is 2. The first-order chi connectivity index (χ1) is 17.0. The summed E-state index contributed by atoms with van der Waals surface area (Å²) < 4.78 is 30.2. The van der Waals surface area contributed by atoms with Crippen molar-refractivity contribution in [3.8, 4) is 11.1 Å². The Balaban J connectivity index is 1.36. The van der Waals surface area contributed by atoms with Crippen LogP contribution in [0, 0.1) is 5.82 Å². The van der Waals surface area contributed by atoms with Crippen molar-refractivity contribution in [2.24, 2.45) is 0 Å². The maximum absolute atomic E-state index is 13.4. The molecule has 5 rings (SSSR count). The number of hydrogen-bond donors (Lipinski definition) is 1. The Kier molecular flexibility index (Phi) is 6.63. The van der Waals surface area contributed by atoms with Crippen molar-refractivity contribution in [3.63, 3.8) is 0 Å². The number of ether oxygens (including phenoxy) is 3. The van der Waals surface area contributed by atoms with E-state index in [0.29, 0.717) is 13.2 Å². The summed E-state index contributed by atoms with van der Waals surface area (Å²) in [6.07, 6.45) is 3.04. The predicted octanol–water partition coefficient (Wildman–Crippen LogP) is 3.88. The maximum atomic E-state index is 13.4. The Morgan fingerprint density at radius 3 is 2.60 bits per heavy atom. The molecule has 35 heavy (non-hydrogen) atoms. The summed E-state index contributed by atoms with van der Waals surface area (Å²) in [5, 5.41) is 3.84. The highest BCUT2D eigenvalue weighted by molar-refractivity contribution is 7.99. The van der Waals surface area contributed by atoms with Crippen LogP contribution >= 0.6 is 11.8 Å². The van der Waals surface area contributed by atoms with Gasteiger partial charge in [-0.25, -0.2) is 19.0 Å². The van der Waals surface area contributed by atoms with E-state index in [4.69, 9.17) is 14.2 Å². The molecule has 0 aliphatic carbocycles. The summed E-state index contributed by atoms with van der Waals surface area (Å²) >= 11 is 1.48. The second kappa shape index (κ2) is 9.99. The molecule has 1 fully saturated rings. The number of esters is 2. The van der Waals surface area contributed by atoms with Crippen molar-refractivity contribution in [1.82, 2.24) is 10.3 Å². The van der Waals surface area contributed by atoms with Gasteiger partial charge in [0, 0.05) is 41.8 Å². The average Bonchev–Trinajstić information content (AvgIpc) is 2.86. The molecule has 1 unspecified atom stereocenters. The molecule has 3 heterocycles. The van der Waals surface area contributed by atoms with E-state index in [-0.39, 0.29) is 12.2 Å². The highest BCUT2D eigenvalue weighted by Crippen LogP contribution is 2.35. The number of aromatic nitrogens is 1. The van der Waals surface area contributed by atoms with Crippen LogP contribution in [-0.2, 0) is 30.2 Å². The van der Waals surface area contributed by atoms with Gasteiger partial charge < -0.3 is 14.2 Å². The molecular formula is C26H21FN2O5S. The molecule has 1 aromatic heterocycles. The predicted molar refractivity (Wildman–Crippen MR) is 126 cm³/mol. The number of pyridine rings is 1. The molecule has 3 aromatic rings. The van der Waals surface area contributed by atoms with Crippen LogP contribution in [0.3, 0.4) is 0 Å². The van der Waals surface area contributed by atoms with Crippen LogP contribution in [0.15, 0.2) is 88.9 Å². The normalized spacial score (nSPS) is 22.8. The average molecular weight is 493 g/mol. The van der Waals surface area contributed by atoms with Crippen LogP contribution in [0.25, 0.3) is 11.1 Å². The lowest BCUT2D eigenvalue weighted by atomic mass is 10.0. The molecule has 2 atom stereocenters. The number of carbonyl (C=O) groups is 2. The van der Waals surface area contributed by atoms with Gasteiger partial charge in [-0.2, -0.15) is 0 Å². The lowest BCUT2D eigenvalue weighted by Gasteiger charge is -2.42. The van der Waals surface area contributed by atoms with Gasteiger partial charge in [0.25, 0.3) is 5.79 Å². The van der Waals surface area contributed by atoms with Crippen LogP contribution in [-0.4, -0.2) is 42.1 Å². The molecule has 9 heteroatoms. The van der Waals surface area contributed by atoms with Crippen molar-refractivity contribution < 1.29 is 28.2 Å². The Hall–Kier alpha value is -3.53. The minimum Gasteiger partial charge on any atom is -0.436 e. The third-order valence-electron chi connectivity index (χ3n) is 5.56. The summed E-state index contributed by atoms with van der Waals surface area (Å²) in [7, 11) is 0. The Morgan fingerprint density at radius 2 is 1.80 bits per heavy atom. The Labute approximate surface area is 205 Å². The SMILES string of the molecule is O=C1/C=C/C(=O)O[C@]2(Cc3ccc(Sc4ncccc4-c4ccc(F)cc4)cc3)OCCNC2O1. The topological polar surface area (TPSA) is 86.8 Å². The molecule has 0 saturated carbocycles. The fourth-order valence-electron chi connectivity index (χ4n) is 3.93. The van der Waals surface area contributed by atoms with Crippen LogP contribution in [0.1, 0.15) is 5.56 Å². The molecule has 1 N–H and O–H groups in total. The van der Waals surface area contributed by atoms with Crippen molar-refractivity contribution in [1.29, 1.82) is 0 Å².